The first kappa shape index (κ1) is 23.3. The largest absolute Gasteiger partial charge is 0.324 e. The average Bonchev–Trinajstić information content (AvgIpc) is 3.15. The summed E-state index contributed by atoms with van der Waals surface area (Å²) in [5.41, 5.74) is 5.52. The second kappa shape index (κ2) is 8.99. The molecule has 1 saturated heterocycles. The van der Waals surface area contributed by atoms with E-state index in [4.69, 9.17) is 5.73 Å². The number of halogens is 1. The van der Waals surface area contributed by atoms with Crippen LogP contribution in [0.2, 0.25) is 0 Å². The molecule has 0 spiro atoms. The Morgan fingerprint density at radius 1 is 1.08 bits per heavy atom. The monoisotopic (exact) mass is 425 g/mol. The molecule has 1 aliphatic heterocycles. The van der Waals surface area contributed by atoms with Crippen molar-refractivity contribution in [1.82, 2.24) is 9.03 Å². The third-order valence-corrected chi connectivity index (χ3v) is 8.13. The van der Waals surface area contributed by atoms with Crippen LogP contribution in [-0.2, 0) is 20.0 Å². The van der Waals surface area contributed by atoms with Crippen LogP contribution in [0.5, 0.6) is 0 Å². The van der Waals surface area contributed by atoms with E-state index in [1.165, 1.54) is 28.6 Å². The Labute approximate surface area is 162 Å². The molecule has 150 valence electrons. The Kier molecular flexibility index (Phi) is 8.06. The van der Waals surface area contributed by atoms with Crippen LogP contribution in [0.3, 0.4) is 0 Å². The van der Waals surface area contributed by atoms with Crippen LogP contribution in [0.4, 0.5) is 0 Å². The van der Waals surface area contributed by atoms with E-state index in [0.717, 1.165) is 12.8 Å². The molecule has 3 N–H and O–H groups in total. The molecule has 1 heterocycles. The van der Waals surface area contributed by atoms with Gasteiger partial charge in [-0.1, -0.05) is 19.9 Å². The highest BCUT2D eigenvalue weighted by atomic mass is 35.5. The number of nitrogens with two attached hydrogens (primary N) is 1. The summed E-state index contributed by atoms with van der Waals surface area (Å²) < 4.78 is 54.2. The minimum Gasteiger partial charge on any atom is -0.324 e. The number of rotatable bonds is 8. The number of hydrogen-bond donors (Lipinski definition) is 2. The van der Waals surface area contributed by atoms with Crippen molar-refractivity contribution < 1.29 is 16.8 Å². The Morgan fingerprint density at radius 3 is 2.15 bits per heavy atom. The maximum atomic E-state index is 12.6. The molecule has 1 fully saturated rings. The summed E-state index contributed by atoms with van der Waals surface area (Å²) in [6.07, 6.45) is 2.92. The van der Waals surface area contributed by atoms with E-state index in [1.54, 1.807) is 0 Å². The summed E-state index contributed by atoms with van der Waals surface area (Å²) in [7, 11) is -7.49. The van der Waals surface area contributed by atoms with Crippen LogP contribution < -0.4 is 10.5 Å². The van der Waals surface area contributed by atoms with Crippen molar-refractivity contribution in [1.29, 1.82) is 0 Å². The van der Waals surface area contributed by atoms with E-state index >= 15 is 0 Å². The van der Waals surface area contributed by atoms with Crippen molar-refractivity contribution >= 4 is 32.5 Å². The number of hydrogen-bond acceptors (Lipinski definition) is 5. The molecule has 1 aromatic rings. The SMILES string of the molecule is CCC(N)(CC)CNS(=O)(=O)c1cccc(S(=O)(=O)N2CCCC2)c1.Cl. The molecule has 0 bridgehead atoms. The van der Waals surface area contributed by atoms with Crippen molar-refractivity contribution in [2.45, 2.75) is 54.9 Å². The standard InChI is InChI=1S/C16H27N3O4S2.ClH/c1-3-16(17,4-2)13-18-24(20,21)14-8-7-9-15(12-14)25(22,23)19-10-5-6-11-19;/h7-9,12,18H,3-6,10-11,13,17H2,1-2H3;1H. The molecule has 0 atom stereocenters. The van der Waals surface area contributed by atoms with Crippen molar-refractivity contribution in [3.63, 3.8) is 0 Å². The van der Waals surface area contributed by atoms with Gasteiger partial charge in [0.25, 0.3) is 0 Å². The van der Waals surface area contributed by atoms with Crippen LogP contribution in [-0.4, -0.2) is 46.3 Å². The van der Waals surface area contributed by atoms with Crippen molar-refractivity contribution in [3.8, 4) is 0 Å². The molecule has 1 aromatic carbocycles. The average molecular weight is 426 g/mol. The number of sulfonamides is 2. The third-order valence-electron chi connectivity index (χ3n) is 4.84. The summed E-state index contributed by atoms with van der Waals surface area (Å²) in [6, 6.07) is 5.48. The minimum absolute atomic E-state index is 0. The third kappa shape index (κ3) is 5.17. The molecule has 0 radical (unpaired) electrons. The first-order valence-corrected chi connectivity index (χ1v) is 11.5. The number of nitrogens with zero attached hydrogens (tertiary/aromatic N) is 1. The fraction of sp³-hybridized carbons (Fsp3) is 0.625. The summed E-state index contributed by atoms with van der Waals surface area (Å²) in [5.74, 6) is 0. The zero-order chi connectivity index (χ0) is 18.7. The van der Waals surface area contributed by atoms with Gasteiger partial charge in [0.15, 0.2) is 0 Å². The zero-order valence-corrected chi connectivity index (χ0v) is 17.6. The van der Waals surface area contributed by atoms with Crippen molar-refractivity contribution in [2.75, 3.05) is 19.6 Å². The molecular formula is C16H28ClN3O4S2. The van der Waals surface area contributed by atoms with Gasteiger partial charge in [-0.3, -0.25) is 0 Å². The van der Waals surface area contributed by atoms with Crippen LogP contribution in [0.25, 0.3) is 0 Å². The van der Waals surface area contributed by atoms with Crippen molar-refractivity contribution in [2.24, 2.45) is 5.73 Å². The Bertz CT molecular complexity index is 803. The van der Waals surface area contributed by atoms with Gasteiger partial charge in [-0.15, -0.1) is 12.4 Å². The first-order chi connectivity index (χ1) is 11.6. The zero-order valence-electron chi connectivity index (χ0n) is 15.1. The second-order valence-electron chi connectivity index (χ2n) is 6.48. The lowest BCUT2D eigenvalue weighted by Gasteiger charge is -2.26. The Hall–Kier alpha value is -0.710. The first-order valence-electron chi connectivity index (χ1n) is 8.53. The minimum atomic E-state index is -3.83. The molecule has 0 amide bonds. The van der Waals surface area contributed by atoms with Gasteiger partial charge in [0, 0.05) is 25.2 Å². The molecule has 0 unspecified atom stereocenters. The molecule has 0 aromatic heterocycles. The number of nitrogens with one attached hydrogen (secondary N) is 1. The van der Waals surface area contributed by atoms with Gasteiger partial charge < -0.3 is 5.73 Å². The highest BCUT2D eigenvalue weighted by Crippen LogP contribution is 2.23. The van der Waals surface area contributed by atoms with E-state index in [-0.39, 0.29) is 28.7 Å². The fourth-order valence-electron chi connectivity index (χ4n) is 2.70. The van der Waals surface area contributed by atoms with E-state index < -0.39 is 25.6 Å². The Morgan fingerprint density at radius 2 is 1.62 bits per heavy atom. The highest BCUT2D eigenvalue weighted by Gasteiger charge is 2.29. The molecule has 0 saturated carbocycles. The lowest BCUT2D eigenvalue weighted by molar-refractivity contribution is 0.391. The summed E-state index contributed by atoms with van der Waals surface area (Å²) in [4.78, 5) is -0.0652. The van der Waals surface area contributed by atoms with Gasteiger partial charge in [-0.25, -0.2) is 21.6 Å². The van der Waals surface area contributed by atoms with Crippen LogP contribution in [0.15, 0.2) is 34.1 Å². The quantitative estimate of drug-likeness (QED) is 0.658. The molecule has 26 heavy (non-hydrogen) atoms. The normalized spacial score (nSPS) is 16.4. The summed E-state index contributed by atoms with van der Waals surface area (Å²) >= 11 is 0. The molecule has 0 aliphatic carbocycles. The van der Waals surface area contributed by atoms with Crippen LogP contribution in [0, 0.1) is 0 Å². The predicted molar refractivity (Wildman–Crippen MR) is 104 cm³/mol. The molecule has 7 nitrogen and oxygen atoms in total. The predicted octanol–water partition coefficient (Wildman–Crippen LogP) is 1.69. The van der Waals surface area contributed by atoms with Crippen LogP contribution >= 0.6 is 12.4 Å². The van der Waals surface area contributed by atoms with Gasteiger partial charge in [-0.2, -0.15) is 4.31 Å². The highest BCUT2D eigenvalue weighted by molar-refractivity contribution is 7.90. The van der Waals surface area contributed by atoms with Gasteiger partial charge in [0.2, 0.25) is 20.0 Å². The smallest absolute Gasteiger partial charge is 0.243 e. The van der Waals surface area contributed by atoms with E-state index in [2.05, 4.69) is 4.72 Å². The lowest BCUT2D eigenvalue weighted by Crippen LogP contribution is -2.49. The maximum Gasteiger partial charge on any atom is 0.243 e. The maximum absolute atomic E-state index is 12.6. The van der Waals surface area contributed by atoms with Gasteiger partial charge in [0.1, 0.15) is 0 Å². The molecule has 2 rings (SSSR count). The van der Waals surface area contributed by atoms with Crippen LogP contribution in [0.1, 0.15) is 39.5 Å². The Balaban J connectivity index is 0.00000338. The molecular weight excluding hydrogens is 398 g/mol. The summed E-state index contributed by atoms with van der Waals surface area (Å²) in [5, 5.41) is 0. The molecule has 1 aliphatic rings. The van der Waals surface area contributed by atoms with E-state index in [0.29, 0.717) is 25.9 Å². The lowest BCUT2D eigenvalue weighted by atomic mass is 9.95. The van der Waals surface area contributed by atoms with E-state index in [1.807, 2.05) is 13.8 Å². The van der Waals surface area contributed by atoms with Gasteiger partial charge >= 0.3 is 0 Å². The number of benzene rings is 1. The second-order valence-corrected chi connectivity index (χ2v) is 10.2. The van der Waals surface area contributed by atoms with Gasteiger partial charge in [-0.05, 0) is 43.9 Å². The van der Waals surface area contributed by atoms with Gasteiger partial charge in [0.05, 0.1) is 9.79 Å². The topological polar surface area (TPSA) is 110 Å². The van der Waals surface area contributed by atoms with E-state index in [9.17, 15) is 16.8 Å². The fourth-order valence-corrected chi connectivity index (χ4v) is 5.52. The van der Waals surface area contributed by atoms with Crippen molar-refractivity contribution in [3.05, 3.63) is 24.3 Å². The molecule has 10 heteroatoms. The summed E-state index contributed by atoms with van der Waals surface area (Å²) in [6.45, 7) is 4.86.